The number of nitrogens with zero attached hydrogens (tertiary/aromatic N) is 1. The number of nitrogens with one attached hydrogen (secondary N) is 1. The molecule has 1 aliphatic rings. The van der Waals surface area contributed by atoms with Crippen molar-refractivity contribution in [2.75, 3.05) is 11.9 Å². The Kier molecular flexibility index (Phi) is 6.80. The zero-order chi connectivity index (χ0) is 21.6. The van der Waals surface area contributed by atoms with Gasteiger partial charge in [0, 0.05) is 34.3 Å². The minimum absolute atomic E-state index is 0.159. The number of hydrogen-bond acceptors (Lipinski definition) is 3. The molecule has 2 N–H and O–H groups in total. The maximum Gasteiger partial charge on any atom is 0.255 e. The second kappa shape index (κ2) is 9.90. The van der Waals surface area contributed by atoms with Crippen molar-refractivity contribution in [1.82, 2.24) is 4.57 Å². The molecule has 1 amide bonds. The minimum atomic E-state index is -0.159. The van der Waals surface area contributed by atoms with E-state index >= 15 is 0 Å². The van der Waals surface area contributed by atoms with Crippen molar-refractivity contribution in [2.24, 2.45) is 0 Å². The Morgan fingerprint density at radius 2 is 1.87 bits per heavy atom. The van der Waals surface area contributed by atoms with Gasteiger partial charge in [-0.1, -0.05) is 39.0 Å². The van der Waals surface area contributed by atoms with Gasteiger partial charge >= 0.3 is 0 Å². The van der Waals surface area contributed by atoms with E-state index < -0.39 is 0 Å². The highest BCUT2D eigenvalue weighted by atomic mass is 16.5. The lowest BCUT2D eigenvalue weighted by atomic mass is 9.95. The standard InChI is InChI=1S/C26H32N2O3/c1-2-3-7-16-31-23-13-10-19(11-14-23)25(29)27-21-12-15-24-20(17-21)18-28(26(24)30)22-8-5-4-6-9-22/h10-15,17-18,22,30H,2-9,16H2,1H3,(H,27,29). The quantitative estimate of drug-likeness (QED) is 0.400. The van der Waals surface area contributed by atoms with E-state index in [2.05, 4.69) is 12.2 Å². The molecule has 0 aliphatic heterocycles. The first-order valence-electron chi connectivity index (χ1n) is 11.5. The summed E-state index contributed by atoms with van der Waals surface area (Å²) in [5, 5.41) is 15.4. The van der Waals surface area contributed by atoms with Crippen LogP contribution in [0.5, 0.6) is 11.6 Å². The fourth-order valence-electron chi connectivity index (χ4n) is 4.39. The van der Waals surface area contributed by atoms with E-state index in [1.54, 1.807) is 12.1 Å². The van der Waals surface area contributed by atoms with Gasteiger partial charge in [-0.2, -0.15) is 0 Å². The number of rotatable bonds is 8. The minimum Gasteiger partial charge on any atom is -0.494 e. The third-order valence-corrected chi connectivity index (χ3v) is 6.17. The van der Waals surface area contributed by atoms with Crippen LogP contribution in [-0.4, -0.2) is 22.2 Å². The van der Waals surface area contributed by atoms with Gasteiger partial charge in [-0.05, 0) is 61.7 Å². The molecule has 1 aromatic heterocycles. The van der Waals surface area contributed by atoms with Crippen LogP contribution < -0.4 is 10.1 Å². The molecular weight excluding hydrogens is 388 g/mol. The Bertz CT molecular complexity index is 1020. The molecule has 5 nitrogen and oxygen atoms in total. The van der Waals surface area contributed by atoms with Crippen molar-refractivity contribution in [3.05, 3.63) is 54.2 Å². The first-order valence-corrected chi connectivity index (χ1v) is 11.5. The van der Waals surface area contributed by atoms with Crippen molar-refractivity contribution in [3.8, 4) is 11.6 Å². The van der Waals surface area contributed by atoms with Gasteiger partial charge < -0.3 is 19.7 Å². The zero-order valence-electron chi connectivity index (χ0n) is 18.3. The molecule has 1 saturated carbocycles. The molecule has 2 aromatic carbocycles. The van der Waals surface area contributed by atoms with E-state index in [0.717, 1.165) is 47.9 Å². The van der Waals surface area contributed by atoms with E-state index in [1.165, 1.54) is 25.7 Å². The molecule has 0 spiro atoms. The molecule has 1 aliphatic carbocycles. The van der Waals surface area contributed by atoms with Crippen LogP contribution in [-0.2, 0) is 0 Å². The average molecular weight is 421 g/mol. The summed E-state index contributed by atoms with van der Waals surface area (Å²) in [4.78, 5) is 12.7. The number of aromatic hydroxyl groups is 1. The van der Waals surface area contributed by atoms with Gasteiger partial charge in [0.25, 0.3) is 5.91 Å². The predicted molar refractivity (Wildman–Crippen MR) is 125 cm³/mol. The number of aromatic nitrogens is 1. The fourth-order valence-corrected chi connectivity index (χ4v) is 4.39. The monoisotopic (exact) mass is 420 g/mol. The Labute approximate surface area is 184 Å². The lowest BCUT2D eigenvalue weighted by Crippen LogP contribution is -2.11. The molecular formula is C26H32N2O3. The number of carbonyl (C=O) groups is 1. The third kappa shape index (κ3) is 5.04. The van der Waals surface area contributed by atoms with Crippen LogP contribution in [0.15, 0.2) is 48.7 Å². The van der Waals surface area contributed by atoms with Crippen LogP contribution in [0.1, 0.15) is 74.7 Å². The van der Waals surface area contributed by atoms with Gasteiger partial charge in [0.05, 0.1) is 6.61 Å². The van der Waals surface area contributed by atoms with Crippen LogP contribution in [0, 0.1) is 0 Å². The summed E-state index contributed by atoms with van der Waals surface area (Å²) < 4.78 is 7.72. The number of ether oxygens (including phenoxy) is 1. The van der Waals surface area contributed by atoms with Gasteiger partial charge in [0.15, 0.2) is 5.88 Å². The summed E-state index contributed by atoms with van der Waals surface area (Å²) >= 11 is 0. The first-order chi connectivity index (χ1) is 15.2. The molecule has 3 aromatic rings. The summed E-state index contributed by atoms with van der Waals surface area (Å²) in [6.07, 6.45) is 11.3. The normalized spacial score (nSPS) is 14.6. The van der Waals surface area contributed by atoms with E-state index in [0.29, 0.717) is 24.1 Å². The number of benzene rings is 2. The van der Waals surface area contributed by atoms with Crippen LogP contribution in [0.25, 0.3) is 10.8 Å². The molecule has 0 atom stereocenters. The second-order valence-corrected chi connectivity index (χ2v) is 8.49. The molecule has 1 fully saturated rings. The first kappa shape index (κ1) is 21.3. The lowest BCUT2D eigenvalue weighted by Gasteiger charge is -2.23. The largest absolute Gasteiger partial charge is 0.494 e. The van der Waals surface area contributed by atoms with Crippen LogP contribution in [0.3, 0.4) is 0 Å². The van der Waals surface area contributed by atoms with Gasteiger partial charge in [0.2, 0.25) is 0 Å². The molecule has 31 heavy (non-hydrogen) atoms. The predicted octanol–water partition coefficient (Wildman–Crippen LogP) is 6.67. The maximum absolute atomic E-state index is 12.7. The number of carbonyl (C=O) groups excluding carboxylic acids is 1. The van der Waals surface area contributed by atoms with Gasteiger partial charge in [-0.25, -0.2) is 0 Å². The lowest BCUT2D eigenvalue weighted by molar-refractivity contribution is 0.102. The molecule has 0 radical (unpaired) electrons. The summed E-state index contributed by atoms with van der Waals surface area (Å²) in [5.74, 6) is 0.954. The van der Waals surface area contributed by atoms with E-state index in [-0.39, 0.29) is 5.91 Å². The fraction of sp³-hybridized carbons (Fsp3) is 0.423. The van der Waals surface area contributed by atoms with Gasteiger partial charge in [0.1, 0.15) is 5.75 Å². The molecule has 0 unspecified atom stereocenters. The van der Waals surface area contributed by atoms with Crippen molar-refractivity contribution in [1.29, 1.82) is 0 Å². The van der Waals surface area contributed by atoms with Crippen LogP contribution >= 0.6 is 0 Å². The third-order valence-electron chi connectivity index (χ3n) is 6.17. The smallest absolute Gasteiger partial charge is 0.255 e. The second-order valence-electron chi connectivity index (χ2n) is 8.49. The number of anilines is 1. The van der Waals surface area contributed by atoms with Crippen molar-refractivity contribution in [2.45, 2.75) is 64.3 Å². The number of amides is 1. The topological polar surface area (TPSA) is 63.5 Å². The van der Waals surface area contributed by atoms with E-state index in [1.807, 2.05) is 41.1 Å². The van der Waals surface area contributed by atoms with E-state index in [9.17, 15) is 9.90 Å². The highest BCUT2D eigenvalue weighted by Gasteiger charge is 2.19. The highest BCUT2D eigenvalue weighted by molar-refractivity contribution is 6.05. The molecule has 4 rings (SSSR count). The Balaban J connectivity index is 1.42. The summed E-state index contributed by atoms with van der Waals surface area (Å²) in [5.41, 5.74) is 1.31. The SMILES string of the molecule is CCCCCOc1ccc(C(=O)Nc2ccc3c(O)n(C4CCCCC4)cc3c2)cc1. The van der Waals surface area contributed by atoms with Gasteiger partial charge in [-0.3, -0.25) is 4.79 Å². The molecule has 0 bridgehead atoms. The molecule has 1 heterocycles. The molecule has 5 heteroatoms. The van der Waals surface area contributed by atoms with Crippen LogP contribution in [0.2, 0.25) is 0 Å². The Hall–Kier alpha value is -2.95. The molecule has 164 valence electrons. The van der Waals surface area contributed by atoms with E-state index in [4.69, 9.17) is 4.74 Å². The number of unbranched alkanes of at least 4 members (excludes halogenated alkanes) is 2. The van der Waals surface area contributed by atoms with Crippen LogP contribution in [0.4, 0.5) is 5.69 Å². The van der Waals surface area contributed by atoms with Crippen molar-refractivity contribution >= 4 is 22.4 Å². The average Bonchev–Trinajstić information content (AvgIpc) is 3.13. The van der Waals surface area contributed by atoms with Gasteiger partial charge in [-0.15, -0.1) is 0 Å². The molecule has 0 saturated heterocycles. The summed E-state index contributed by atoms with van der Waals surface area (Å²) in [7, 11) is 0. The highest BCUT2D eigenvalue weighted by Crippen LogP contribution is 2.37. The maximum atomic E-state index is 12.7. The summed E-state index contributed by atoms with van der Waals surface area (Å²) in [6.45, 7) is 2.87. The Morgan fingerprint density at radius 3 is 2.61 bits per heavy atom. The number of fused-ring (bicyclic) bond motifs is 1. The number of hydrogen-bond donors (Lipinski definition) is 2. The zero-order valence-corrected chi connectivity index (χ0v) is 18.3. The van der Waals surface area contributed by atoms with Crippen molar-refractivity contribution < 1.29 is 14.6 Å². The van der Waals surface area contributed by atoms with Crippen molar-refractivity contribution in [3.63, 3.8) is 0 Å². The Morgan fingerprint density at radius 1 is 1.10 bits per heavy atom. The summed E-state index contributed by atoms with van der Waals surface area (Å²) in [6, 6.07) is 13.3.